The van der Waals surface area contributed by atoms with Crippen molar-refractivity contribution < 1.29 is 32.3 Å². The van der Waals surface area contributed by atoms with E-state index in [0.717, 1.165) is 23.8 Å². The molecule has 4 aromatic rings. The molecule has 0 aliphatic carbocycles. The Morgan fingerprint density at radius 3 is 2.61 bits per heavy atom. The summed E-state index contributed by atoms with van der Waals surface area (Å²) in [5, 5.41) is 14.2. The van der Waals surface area contributed by atoms with Crippen LogP contribution in [0.25, 0.3) is 11.3 Å². The van der Waals surface area contributed by atoms with Crippen LogP contribution in [0.2, 0.25) is 0 Å². The first-order valence-corrected chi connectivity index (χ1v) is 20.2. The zero-order valence-corrected chi connectivity index (χ0v) is 32.1. The van der Waals surface area contributed by atoms with E-state index in [1.165, 1.54) is 16.5 Å². The highest BCUT2D eigenvalue weighted by Gasteiger charge is 2.41. The first-order chi connectivity index (χ1) is 27.1. The number of nitrogens with zero attached hydrogens (tertiary/aromatic N) is 7. The van der Waals surface area contributed by atoms with Gasteiger partial charge in [0, 0.05) is 69.5 Å². The molecule has 0 spiro atoms. The molecular weight excluding hydrogens is 746 g/mol. The predicted octanol–water partition coefficient (Wildman–Crippen LogP) is 3.50. The Hall–Kier alpha value is -4.68. The topological polar surface area (TPSA) is 140 Å². The Morgan fingerprint density at radius 2 is 1.89 bits per heavy atom. The lowest BCUT2D eigenvalue weighted by Gasteiger charge is -2.40. The van der Waals surface area contributed by atoms with Gasteiger partial charge in [-0.2, -0.15) is 0 Å². The van der Waals surface area contributed by atoms with Crippen LogP contribution in [0, 0.1) is 23.5 Å². The van der Waals surface area contributed by atoms with E-state index in [9.17, 15) is 18.8 Å². The minimum absolute atomic E-state index is 0.00693. The fraction of sp³-hybridized carbons (Fsp3) is 0.474. The van der Waals surface area contributed by atoms with Crippen LogP contribution >= 0.6 is 11.6 Å². The highest BCUT2D eigenvalue weighted by molar-refractivity contribution is 8.20. The average molecular weight is 792 g/mol. The molecule has 0 bridgehead atoms. The number of rotatable bonds is 14. The third-order valence-corrected chi connectivity index (χ3v) is 11.6. The number of likely N-dealkylation sites (tertiary alicyclic amines) is 1. The molecule has 3 aliphatic rings. The summed E-state index contributed by atoms with van der Waals surface area (Å²) in [6, 6.07) is 11.2. The minimum Gasteiger partial charge on any atom is -0.381 e. The van der Waals surface area contributed by atoms with Gasteiger partial charge in [0.05, 0.1) is 36.3 Å². The lowest BCUT2D eigenvalue weighted by molar-refractivity contribution is -0.139. The first kappa shape index (κ1) is 39.6. The second-order valence-corrected chi connectivity index (χ2v) is 15.8. The van der Waals surface area contributed by atoms with Crippen LogP contribution in [0.3, 0.4) is 0 Å². The number of halogens is 3. The molecule has 18 heteroatoms. The fourth-order valence-electron chi connectivity index (χ4n) is 7.77. The van der Waals surface area contributed by atoms with Crippen LogP contribution < -0.4 is 10.6 Å². The van der Waals surface area contributed by atoms with Crippen molar-refractivity contribution in [3.8, 4) is 11.3 Å². The van der Waals surface area contributed by atoms with Gasteiger partial charge in [-0.15, -0.1) is 5.10 Å². The number of benzene rings is 2. The molecule has 56 heavy (non-hydrogen) atoms. The maximum absolute atomic E-state index is 15.4. The Morgan fingerprint density at radius 1 is 1.11 bits per heavy atom. The van der Waals surface area contributed by atoms with E-state index < -0.39 is 47.1 Å². The standard InChI is InChI=1S/C38H45BF3N9O4S/c1-23(17-49-20-28(46-47-49)21-50-34(52)14-33(56-39)37(50)53)44-38(54)51(19-26-15-43-16-31(26)42)35(25-9-11-55-12-10-25)36-45-32(29-13-27(40)7-8-30(29)41)22-48(36)18-24-5-3-2-4-6-24/h2-8,13,20,22-23,25-26,31,33,35,43H,9-12,14-19,21,39H2,1H3,(H,44,54)/t23-,26-,31-,33+,35+/m0/s1. The van der Waals surface area contributed by atoms with Gasteiger partial charge in [0.15, 0.2) is 7.12 Å². The van der Waals surface area contributed by atoms with Crippen LogP contribution in [0.5, 0.6) is 0 Å². The van der Waals surface area contributed by atoms with E-state index >= 15 is 8.78 Å². The maximum atomic E-state index is 15.4. The van der Waals surface area contributed by atoms with Gasteiger partial charge in [-0.1, -0.05) is 35.5 Å². The number of carbonyl (C=O) groups excluding carboxylic acids is 3. The SMILES string of the molecule is BS[C@@H]1CC(=O)N(Cc2cn(C[C@H](C)NC(=O)N(C[C@@H]3CNC[C@@H]3F)[C@@H](c3nc(-c4cc(F)ccc4F)cn3Cc3ccccc3)C3CCOCC3)nn2)C1=O. The number of imidazole rings is 1. The molecular formula is C38H45BF3N9O4S. The van der Waals surface area contributed by atoms with E-state index in [2.05, 4.69) is 20.9 Å². The molecule has 296 valence electrons. The van der Waals surface area contributed by atoms with Crippen molar-refractivity contribution >= 4 is 36.6 Å². The van der Waals surface area contributed by atoms with Crippen LogP contribution in [0.1, 0.15) is 49.3 Å². The van der Waals surface area contributed by atoms with Gasteiger partial charge in [0.25, 0.3) is 0 Å². The van der Waals surface area contributed by atoms with Crippen molar-refractivity contribution in [2.75, 3.05) is 32.8 Å². The van der Waals surface area contributed by atoms with Crippen molar-refractivity contribution in [3.05, 3.63) is 89.6 Å². The van der Waals surface area contributed by atoms with Gasteiger partial charge in [0.2, 0.25) is 11.8 Å². The largest absolute Gasteiger partial charge is 0.381 e. The summed E-state index contributed by atoms with van der Waals surface area (Å²) in [5.74, 6) is -1.93. The number of carbonyl (C=O) groups is 3. The normalized spacial score (nSPS) is 21.4. The molecule has 2 aromatic carbocycles. The number of aromatic nitrogens is 5. The molecule has 0 unspecified atom stereocenters. The summed E-state index contributed by atoms with van der Waals surface area (Å²) in [5.41, 5.74) is 1.58. The van der Waals surface area contributed by atoms with Crippen molar-refractivity contribution in [1.29, 1.82) is 0 Å². The Bertz CT molecular complexity index is 2020. The molecule has 0 radical (unpaired) electrons. The third kappa shape index (κ3) is 8.97. The van der Waals surface area contributed by atoms with E-state index in [-0.39, 0.29) is 61.6 Å². The molecule has 5 heterocycles. The maximum Gasteiger partial charge on any atom is 0.318 e. The predicted molar refractivity (Wildman–Crippen MR) is 205 cm³/mol. The summed E-state index contributed by atoms with van der Waals surface area (Å²) >= 11 is 1.34. The van der Waals surface area contributed by atoms with E-state index in [1.807, 2.05) is 41.8 Å². The number of imide groups is 1. The van der Waals surface area contributed by atoms with Crippen molar-refractivity contribution in [1.82, 2.24) is 45.0 Å². The lowest BCUT2D eigenvalue weighted by atomic mass is 9.89. The monoisotopic (exact) mass is 791 g/mol. The van der Waals surface area contributed by atoms with Gasteiger partial charge >= 0.3 is 6.03 Å². The summed E-state index contributed by atoms with van der Waals surface area (Å²) < 4.78 is 54.3. The highest BCUT2D eigenvalue weighted by atomic mass is 32.2. The van der Waals surface area contributed by atoms with Gasteiger partial charge in [-0.25, -0.2) is 34.6 Å². The quantitative estimate of drug-likeness (QED) is 0.145. The Labute approximate surface area is 328 Å². The number of ether oxygens (including phenoxy) is 1. The Balaban J connectivity index is 1.20. The number of hydrogen-bond acceptors (Lipinski definition) is 9. The number of alkyl halides is 1. The van der Waals surface area contributed by atoms with Crippen LogP contribution in [-0.4, -0.2) is 110 Å². The molecule has 0 saturated carbocycles. The molecule has 4 amide bonds. The molecule has 3 saturated heterocycles. The van der Waals surface area contributed by atoms with Gasteiger partial charge in [-0.3, -0.25) is 19.2 Å². The van der Waals surface area contributed by atoms with Crippen LogP contribution in [-0.2, 0) is 34.0 Å². The van der Waals surface area contributed by atoms with Crippen LogP contribution in [0.4, 0.5) is 18.0 Å². The second kappa shape index (κ2) is 17.6. The summed E-state index contributed by atoms with van der Waals surface area (Å²) in [6.45, 7) is 3.90. The number of urea groups is 1. The number of amides is 4. The van der Waals surface area contributed by atoms with Gasteiger partial charge < -0.3 is 24.8 Å². The van der Waals surface area contributed by atoms with Crippen molar-refractivity contribution in [2.45, 2.75) is 69.3 Å². The summed E-state index contributed by atoms with van der Waals surface area (Å²) in [6.07, 6.45) is 3.48. The molecule has 2 aromatic heterocycles. The average Bonchev–Trinajstić information content (AvgIpc) is 3.98. The van der Waals surface area contributed by atoms with Crippen molar-refractivity contribution in [3.63, 3.8) is 0 Å². The van der Waals surface area contributed by atoms with E-state index in [1.54, 1.807) is 29.1 Å². The summed E-state index contributed by atoms with van der Waals surface area (Å²) in [4.78, 5) is 47.6. The third-order valence-electron chi connectivity index (χ3n) is 10.7. The highest BCUT2D eigenvalue weighted by Crippen LogP contribution is 2.38. The lowest BCUT2D eigenvalue weighted by Crippen LogP contribution is -2.51. The second-order valence-electron chi connectivity index (χ2n) is 14.7. The van der Waals surface area contributed by atoms with E-state index in [0.29, 0.717) is 50.7 Å². The molecule has 13 nitrogen and oxygen atoms in total. The van der Waals surface area contributed by atoms with Gasteiger partial charge in [0.1, 0.15) is 29.3 Å². The fourth-order valence-corrected chi connectivity index (χ4v) is 8.41. The molecule has 3 aliphatic heterocycles. The first-order valence-electron chi connectivity index (χ1n) is 18.9. The minimum atomic E-state index is -1.19. The molecule has 2 N–H and O–H groups in total. The zero-order chi connectivity index (χ0) is 39.3. The van der Waals surface area contributed by atoms with Gasteiger partial charge in [-0.05, 0) is 49.4 Å². The molecule has 3 fully saturated rings. The summed E-state index contributed by atoms with van der Waals surface area (Å²) in [7, 11) is 1.79. The zero-order valence-electron chi connectivity index (χ0n) is 31.3. The number of nitrogens with one attached hydrogen (secondary N) is 2. The number of hydrogen-bond donors (Lipinski definition) is 2. The Kier molecular flexibility index (Phi) is 12.5. The smallest absolute Gasteiger partial charge is 0.318 e. The molecule has 5 atom stereocenters. The van der Waals surface area contributed by atoms with Crippen molar-refractivity contribution in [2.24, 2.45) is 11.8 Å². The van der Waals surface area contributed by atoms with E-state index in [4.69, 9.17) is 9.72 Å². The van der Waals surface area contributed by atoms with Crippen LogP contribution in [0.15, 0.2) is 60.9 Å². The molecule has 7 rings (SSSR count).